The summed E-state index contributed by atoms with van der Waals surface area (Å²) in [5.74, 6) is -0.170. The number of nitrogens with zero attached hydrogens (tertiary/aromatic N) is 2. The van der Waals surface area contributed by atoms with Gasteiger partial charge < -0.3 is 4.90 Å². The van der Waals surface area contributed by atoms with Crippen molar-refractivity contribution in [2.75, 3.05) is 13.1 Å². The molecule has 0 aliphatic rings. The zero-order valence-electron chi connectivity index (χ0n) is 9.33. The first-order chi connectivity index (χ1) is 7.60. The van der Waals surface area contributed by atoms with E-state index in [1.54, 1.807) is 17.0 Å². The number of halogens is 2. The number of amides is 1. The lowest BCUT2D eigenvalue weighted by Gasteiger charge is -2.19. The van der Waals surface area contributed by atoms with Gasteiger partial charge in [-0.05, 0) is 25.5 Å². The first-order valence-corrected chi connectivity index (χ1v) is 5.97. The molecular weight excluding hydrogens is 247 g/mol. The summed E-state index contributed by atoms with van der Waals surface area (Å²) in [6, 6.07) is 3.15. The van der Waals surface area contributed by atoms with Crippen LogP contribution in [0.1, 0.15) is 30.8 Å². The van der Waals surface area contributed by atoms with E-state index in [0.717, 1.165) is 6.42 Å². The molecule has 0 aliphatic carbocycles. The minimum absolute atomic E-state index is 0.170. The lowest BCUT2D eigenvalue weighted by atomic mass is 10.3. The average molecular weight is 261 g/mol. The highest BCUT2D eigenvalue weighted by molar-refractivity contribution is 6.34. The number of hydrogen-bond donors (Lipinski definition) is 0. The van der Waals surface area contributed by atoms with Crippen LogP contribution in [0.2, 0.25) is 10.2 Å². The van der Waals surface area contributed by atoms with Crippen LogP contribution in [-0.2, 0) is 0 Å². The van der Waals surface area contributed by atoms with Crippen molar-refractivity contribution in [1.82, 2.24) is 9.88 Å². The number of carbonyl (C=O) groups is 1. The van der Waals surface area contributed by atoms with E-state index in [2.05, 4.69) is 4.98 Å². The van der Waals surface area contributed by atoms with Gasteiger partial charge in [0.2, 0.25) is 0 Å². The third-order valence-electron chi connectivity index (χ3n) is 2.18. The van der Waals surface area contributed by atoms with Crippen LogP contribution in [0, 0.1) is 0 Å². The van der Waals surface area contributed by atoms with Gasteiger partial charge in [-0.1, -0.05) is 30.1 Å². The Bertz CT molecular complexity index is 382. The Labute approximate surface area is 105 Å². The Kier molecular flexibility index (Phi) is 5.03. The minimum atomic E-state index is -0.170. The third-order valence-corrected chi connectivity index (χ3v) is 2.69. The quantitative estimate of drug-likeness (QED) is 0.779. The van der Waals surface area contributed by atoms with E-state index >= 15 is 0 Å². The Morgan fingerprint density at radius 1 is 1.38 bits per heavy atom. The lowest BCUT2D eigenvalue weighted by Crippen LogP contribution is -2.32. The number of pyridine rings is 1. The van der Waals surface area contributed by atoms with Crippen molar-refractivity contribution in [3.8, 4) is 0 Å². The summed E-state index contributed by atoms with van der Waals surface area (Å²) in [4.78, 5) is 17.7. The first-order valence-electron chi connectivity index (χ1n) is 5.21. The van der Waals surface area contributed by atoms with Crippen molar-refractivity contribution in [2.45, 2.75) is 20.3 Å². The second-order valence-electron chi connectivity index (χ2n) is 3.35. The van der Waals surface area contributed by atoms with Gasteiger partial charge in [-0.3, -0.25) is 4.79 Å². The van der Waals surface area contributed by atoms with Gasteiger partial charge in [-0.15, -0.1) is 0 Å². The van der Waals surface area contributed by atoms with Crippen molar-refractivity contribution in [1.29, 1.82) is 0 Å². The van der Waals surface area contributed by atoms with Crippen molar-refractivity contribution < 1.29 is 4.79 Å². The summed E-state index contributed by atoms with van der Waals surface area (Å²) in [7, 11) is 0. The fraction of sp³-hybridized carbons (Fsp3) is 0.455. The molecular formula is C11H14Cl2N2O. The van der Waals surface area contributed by atoms with Crippen molar-refractivity contribution in [2.24, 2.45) is 0 Å². The number of carbonyl (C=O) groups excluding carboxylic acids is 1. The van der Waals surface area contributed by atoms with Crippen LogP contribution in [0.25, 0.3) is 0 Å². The molecule has 0 fully saturated rings. The molecule has 1 aromatic rings. The standard InChI is InChI=1S/C11H14Cl2N2O/c1-3-7-15(4-2)11(16)10-8(12)5-6-9(13)14-10/h5-6H,3-4,7H2,1-2H3. The smallest absolute Gasteiger partial charge is 0.274 e. The van der Waals surface area contributed by atoms with E-state index in [-0.39, 0.29) is 16.8 Å². The molecule has 0 saturated carbocycles. The minimum Gasteiger partial charge on any atom is -0.338 e. The Morgan fingerprint density at radius 2 is 2.06 bits per heavy atom. The van der Waals surface area contributed by atoms with Crippen LogP contribution in [0.3, 0.4) is 0 Å². The summed E-state index contributed by atoms with van der Waals surface area (Å²) < 4.78 is 0. The monoisotopic (exact) mass is 260 g/mol. The van der Waals surface area contributed by atoms with Gasteiger partial charge in [0.1, 0.15) is 10.8 Å². The van der Waals surface area contributed by atoms with E-state index in [9.17, 15) is 4.79 Å². The normalized spacial score (nSPS) is 10.2. The second kappa shape index (κ2) is 6.06. The molecule has 0 spiro atoms. The zero-order chi connectivity index (χ0) is 12.1. The highest BCUT2D eigenvalue weighted by Crippen LogP contribution is 2.18. The molecule has 5 heteroatoms. The van der Waals surface area contributed by atoms with Crippen molar-refractivity contribution in [3.63, 3.8) is 0 Å². The molecule has 1 rings (SSSR count). The van der Waals surface area contributed by atoms with E-state index in [1.807, 2.05) is 13.8 Å². The van der Waals surface area contributed by atoms with Gasteiger partial charge in [0.15, 0.2) is 0 Å². The third kappa shape index (κ3) is 3.09. The zero-order valence-corrected chi connectivity index (χ0v) is 10.8. The summed E-state index contributed by atoms with van der Waals surface area (Å²) in [5, 5.41) is 0.615. The molecule has 0 aliphatic heterocycles. The van der Waals surface area contributed by atoms with E-state index in [1.165, 1.54) is 0 Å². The number of aromatic nitrogens is 1. The van der Waals surface area contributed by atoms with Crippen LogP contribution < -0.4 is 0 Å². The van der Waals surface area contributed by atoms with Crippen LogP contribution >= 0.6 is 23.2 Å². The highest BCUT2D eigenvalue weighted by Gasteiger charge is 2.18. The Balaban J connectivity index is 2.98. The summed E-state index contributed by atoms with van der Waals surface area (Å²) in [6.07, 6.45) is 0.901. The number of rotatable bonds is 4. The van der Waals surface area contributed by atoms with E-state index in [0.29, 0.717) is 18.1 Å². The molecule has 88 valence electrons. The predicted molar refractivity (Wildman–Crippen MR) is 66.1 cm³/mol. The molecule has 0 bridgehead atoms. The molecule has 0 unspecified atom stereocenters. The molecule has 1 amide bonds. The van der Waals surface area contributed by atoms with Crippen molar-refractivity contribution >= 4 is 29.1 Å². The maximum absolute atomic E-state index is 12.1. The summed E-state index contributed by atoms with van der Waals surface area (Å²) in [6.45, 7) is 5.27. The molecule has 0 aromatic carbocycles. The fourth-order valence-corrected chi connectivity index (χ4v) is 1.72. The molecule has 0 saturated heterocycles. The van der Waals surface area contributed by atoms with Crippen molar-refractivity contribution in [3.05, 3.63) is 28.0 Å². The van der Waals surface area contributed by atoms with Gasteiger partial charge in [0.05, 0.1) is 5.02 Å². The molecule has 1 heterocycles. The van der Waals surface area contributed by atoms with E-state index in [4.69, 9.17) is 23.2 Å². The highest BCUT2D eigenvalue weighted by atomic mass is 35.5. The molecule has 1 aromatic heterocycles. The Morgan fingerprint density at radius 3 is 2.62 bits per heavy atom. The Hall–Kier alpha value is -0.800. The molecule has 0 N–H and O–H groups in total. The fourth-order valence-electron chi connectivity index (χ4n) is 1.39. The molecule has 3 nitrogen and oxygen atoms in total. The first kappa shape index (κ1) is 13.3. The average Bonchev–Trinajstić information content (AvgIpc) is 2.28. The summed E-state index contributed by atoms with van der Waals surface area (Å²) >= 11 is 11.7. The predicted octanol–water partition coefficient (Wildman–Crippen LogP) is 3.26. The molecule has 0 radical (unpaired) electrons. The van der Waals surface area contributed by atoms with Gasteiger partial charge in [0.25, 0.3) is 5.91 Å². The van der Waals surface area contributed by atoms with Gasteiger partial charge in [-0.2, -0.15) is 0 Å². The van der Waals surface area contributed by atoms with E-state index < -0.39 is 0 Å². The van der Waals surface area contributed by atoms with Crippen LogP contribution in [-0.4, -0.2) is 28.9 Å². The number of hydrogen-bond acceptors (Lipinski definition) is 2. The van der Waals surface area contributed by atoms with Gasteiger partial charge in [0, 0.05) is 13.1 Å². The SMILES string of the molecule is CCCN(CC)C(=O)c1nc(Cl)ccc1Cl. The van der Waals surface area contributed by atoms with Gasteiger partial charge in [-0.25, -0.2) is 4.98 Å². The molecule has 16 heavy (non-hydrogen) atoms. The lowest BCUT2D eigenvalue weighted by molar-refractivity contribution is 0.0759. The molecule has 0 atom stereocenters. The van der Waals surface area contributed by atoms with Crippen LogP contribution in [0.15, 0.2) is 12.1 Å². The summed E-state index contributed by atoms with van der Waals surface area (Å²) in [5.41, 5.74) is 0.226. The van der Waals surface area contributed by atoms with Crippen LogP contribution in [0.4, 0.5) is 0 Å². The van der Waals surface area contributed by atoms with Gasteiger partial charge >= 0.3 is 0 Å². The topological polar surface area (TPSA) is 33.2 Å². The second-order valence-corrected chi connectivity index (χ2v) is 4.14. The van der Waals surface area contributed by atoms with Crippen LogP contribution in [0.5, 0.6) is 0 Å². The maximum Gasteiger partial charge on any atom is 0.274 e. The largest absolute Gasteiger partial charge is 0.338 e. The maximum atomic E-state index is 12.1.